The number of nitrogens with one attached hydrogen (secondary N) is 2. The highest BCUT2D eigenvalue weighted by Crippen LogP contribution is 2.35. The Morgan fingerprint density at radius 1 is 1.27 bits per heavy atom. The lowest BCUT2D eigenvalue weighted by molar-refractivity contribution is 0.198. The number of methoxy groups -OCH3 is 1. The van der Waals surface area contributed by atoms with Gasteiger partial charge in [-0.15, -0.1) is 0 Å². The Hall–Kier alpha value is -2.77. The molecule has 2 aliphatic rings. The highest BCUT2D eigenvalue weighted by molar-refractivity contribution is 5.80. The second kappa shape index (κ2) is 9.82. The molecule has 1 fully saturated rings. The van der Waals surface area contributed by atoms with Crippen LogP contribution in [-0.2, 0) is 19.5 Å². The summed E-state index contributed by atoms with van der Waals surface area (Å²) in [6.45, 7) is 4.20. The van der Waals surface area contributed by atoms with Gasteiger partial charge < -0.3 is 20.1 Å². The number of para-hydroxylation sites is 1. The maximum absolute atomic E-state index is 6.35. The molecular formula is C22H32N6O2. The molecule has 0 saturated heterocycles. The standard InChI is InChI=1S/C22H32N6O2/c1-3-23-22(27-17-11-12-20-25-15-26-28(20)14-17)24-13-16-7-6-10-19(29-2)21(16)30-18-8-4-5-9-18/h6-7,10,15,17-18H,3-5,8-9,11-14H2,1-2H3,(H2,23,24,27). The van der Waals surface area contributed by atoms with Crippen molar-refractivity contribution in [3.05, 3.63) is 35.9 Å². The first-order valence-electron chi connectivity index (χ1n) is 11.0. The second-order valence-corrected chi connectivity index (χ2v) is 7.91. The molecule has 0 spiro atoms. The predicted octanol–water partition coefficient (Wildman–Crippen LogP) is 2.68. The minimum absolute atomic E-state index is 0.273. The van der Waals surface area contributed by atoms with Gasteiger partial charge in [-0.25, -0.2) is 14.7 Å². The highest BCUT2D eigenvalue weighted by Gasteiger charge is 2.22. The normalized spacial score (nSPS) is 19.4. The molecule has 0 radical (unpaired) electrons. The molecule has 2 heterocycles. The van der Waals surface area contributed by atoms with Gasteiger partial charge in [0, 0.05) is 24.6 Å². The summed E-state index contributed by atoms with van der Waals surface area (Å²) in [6.07, 6.45) is 8.52. The van der Waals surface area contributed by atoms with Gasteiger partial charge >= 0.3 is 0 Å². The van der Waals surface area contributed by atoms with Gasteiger partial charge in [0.25, 0.3) is 0 Å². The van der Waals surface area contributed by atoms with Crippen molar-refractivity contribution in [2.75, 3.05) is 13.7 Å². The van der Waals surface area contributed by atoms with Gasteiger partial charge in [0.05, 0.1) is 26.3 Å². The van der Waals surface area contributed by atoms with Crippen LogP contribution in [0.2, 0.25) is 0 Å². The van der Waals surface area contributed by atoms with E-state index in [0.717, 1.165) is 67.6 Å². The maximum atomic E-state index is 6.35. The summed E-state index contributed by atoms with van der Waals surface area (Å²) >= 11 is 0. The van der Waals surface area contributed by atoms with Crippen LogP contribution in [0, 0.1) is 0 Å². The Morgan fingerprint density at radius 3 is 2.93 bits per heavy atom. The number of fused-ring (bicyclic) bond motifs is 1. The lowest BCUT2D eigenvalue weighted by Gasteiger charge is -2.25. The number of nitrogens with zero attached hydrogens (tertiary/aromatic N) is 4. The molecule has 2 aromatic rings. The van der Waals surface area contributed by atoms with Crippen molar-refractivity contribution < 1.29 is 9.47 Å². The van der Waals surface area contributed by atoms with Crippen LogP contribution >= 0.6 is 0 Å². The van der Waals surface area contributed by atoms with E-state index in [1.165, 1.54) is 12.8 Å². The van der Waals surface area contributed by atoms with E-state index >= 15 is 0 Å². The molecule has 30 heavy (non-hydrogen) atoms. The number of hydrogen-bond acceptors (Lipinski definition) is 5. The summed E-state index contributed by atoms with van der Waals surface area (Å²) in [6, 6.07) is 6.30. The van der Waals surface area contributed by atoms with Crippen LogP contribution in [0.3, 0.4) is 0 Å². The van der Waals surface area contributed by atoms with Gasteiger partial charge in [-0.1, -0.05) is 12.1 Å². The Bertz CT molecular complexity index is 859. The minimum Gasteiger partial charge on any atom is -0.493 e. The van der Waals surface area contributed by atoms with Gasteiger partial charge in [-0.05, 0) is 45.1 Å². The van der Waals surface area contributed by atoms with Crippen molar-refractivity contribution in [1.82, 2.24) is 25.4 Å². The minimum atomic E-state index is 0.273. The van der Waals surface area contributed by atoms with E-state index in [1.807, 2.05) is 16.8 Å². The molecule has 0 amide bonds. The zero-order chi connectivity index (χ0) is 20.8. The van der Waals surface area contributed by atoms with E-state index in [9.17, 15) is 0 Å². The SMILES string of the molecule is CCNC(=NCc1cccc(OC)c1OC1CCCC1)NC1CCc2ncnn2C1. The molecule has 4 rings (SSSR count). The molecule has 0 bridgehead atoms. The average molecular weight is 413 g/mol. The van der Waals surface area contributed by atoms with Crippen LogP contribution in [0.25, 0.3) is 0 Å². The Kier molecular flexibility index (Phi) is 6.71. The summed E-state index contributed by atoms with van der Waals surface area (Å²) < 4.78 is 13.9. The average Bonchev–Trinajstić information content (AvgIpc) is 3.44. The first kappa shape index (κ1) is 20.5. The third-order valence-electron chi connectivity index (χ3n) is 5.77. The number of ether oxygens (including phenoxy) is 2. The molecule has 1 aromatic carbocycles. The quantitative estimate of drug-likeness (QED) is 0.537. The van der Waals surface area contributed by atoms with Crippen molar-refractivity contribution in [3.63, 3.8) is 0 Å². The molecule has 2 N–H and O–H groups in total. The number of benzene rings is 1. The summed E-state index contributed by atoms with van der Waals surface area (Å²) in [5, 5.41) is 11.2. The summed E-state index contributed by atoms with van der Waals surface area (Å²) in [4.78, 5) is 9.15. The summed E-state index contributed by atoms with van der Waals surface area (Å²) in [7, 11) is 1.69. The fourth-order valence-electron chi connectivity index (χ4n) is 4.19. The summed E-state index contributed by atoms with van der Waals surface area (Å²) in [5.41, 5.74) is 1.04. The highest BCUT2D eigenvalue weighted by atomic mass is 16.5. The van der Waals surface area contributed by atoms with Crippen molar-refractivity contribution >= 4 is 5.96 Å². The molecule has 162 valence electrons. The number of guanidine groups is 1. The van der Waals surface area contributed by atoms with Crippen molar-refractivity contribution in [2.24, 2.45) is 4.99 Å². The molecular weight excluding hydrogens is 380 g/mol. The fraction of sp³-hybridized carbons (Fsp3) is 0.591. The van der Waals surface area contributed by atoms with Crippen LogP contribution in [-0.4, -0.2) is 46.5 Å². The topological polar surface area (TPSA) is 85.6 Å². The van der Waals surface area contributed by atoms with E-state index < -0.39 is 0 Å². The first-order valence-corrected chi connectivity index (χ1v) is 11.0. The fourth-order valence-corrected chi connectivity index (χ4v) is 4.19. The molecule has 8 nitrogen and oxygen atoms in total. The lowest BCUT2D eigenvalue weighted by Crippen LogP contribution is -2.47. The largest absolute Gasteiger partial charge is 0.493 e. The Balaban J connectivity index is 1.47. The number of rotatable bonds is 7. The third kappa shape index (κ3) is 4.86. The van der Waals surface area contributed by atoms with Gasteiger partial charge in [0.15, 0.2) is 17.5 Å². The third-order valence-corrected chi connectivity index (χ3v) is 5.77. The zero-order valence-corrected chi connectivity index (χ0v) is 17.9. The van der Waals surface area contributed by atoms with Gasteiger partial charge in [-0.2, -0.15) is 5.10 Å². The molecule has 1 aliphatic heterocycles. The predicted molar refractivity (Wildman–Crippen MR) is 116 cm³/mol. The molecule has 1 unspecified atom stereocenters. The molecule has 1 aromatic heterocycles. The van der Waals surface area contributed by atoms with Crippen LogP contribution < -0.4 is 20.1 Å². The van der Waals surface area contributed by atoms with E-state index in [4.69, 9.17) is 14.5 Å². The van der Waals surface area contributed by atoms with Crippen molar-refractivity contribution in [1.29, 1.82) is 0 Å². The Morgan fingerprint density at radius 2 is 2.13 bits per heavy atom. The van der Waals surface area contributed by atoms with E-state index in [2.05, 4.69) is 33.7 Å². The van der Waals surface area contributed by atoms with E-state index in [0.29, 0.717) is 6.54 Å². The van der Waals surface area contributed by atoms with Gasteiger partial charge in [0.1, 0.15) is 12.2 Å². The van der Waals surface area contributed by atoms with E-state index in [-0.39, 0.29) is 12.1 Å². The van der Waals surface area contributed by atoms with E-state index in [1.54, 1.807) is 13.4 Å². The molecule has 1 aliphatic carbocycles. The van der Waals surface area contributed by atoms with Crippen molar-refractivity contribution in [2.45, 2.75) is 70.7 Å². The smallest absolute Gasteiger partial charge is 0.191 e. The van der Waals surface area contributed by atoms with Crippen molar-refractivity contribution in [3.8, 4) is 11.5 Å². The molecule has 8 heteroatoms. The number of aromatic nitrogens is 3. The molecule has 1 saturated carbocycles. The number of aryl methyl sites for hydroxylation is 1. The number of aliphatic imine (C=N–C) groups is 1. The first-order chi connectivity index (χ1) is 14.8. The van der Waals surface area contributed by atoms with Gasteiger partial charge in [-0.3, -0.25) is 0 Å². The van der Waals surface area contributed by atoms with Crippen LogP contribution in [0.1, 0.15) is 50.4 Å². The van der Waals surface area contributed by atoms with Crippen LogP contribution in [0.5, 0.6) is 11.5 Å². The monoisotopic (exact) mass is 412 g/mol. The van der Waals surface area contributed by atoms with Gasteiger partial charge in [0.2, 0.25) is 0 Å². The van der Waals surface area contributed by atoms with Crippen LogP contribution in [0.15, 0.2) is 29.5 Å². The van der Waals surface area contributed by atoms with Crippen LogP contribution in [0.4, 0.5) is 0 Å². The summed E-state index contributed by atoms with van der Waals surface area (Å²) in [5.74, 6) is 3.47. The molecule has 1 atom stereocenters. The maximum Gasteiger partial charge on any atom is 0.191 e. The zero-order valence-electron chi connectivity index (χ0n) is 17.9. The number of hydrogen-bond donors (Lipinski definition) is 2. The second-order valence-electron chi connectivity index (χ2n) is 7.91. The lowest BCUT2D eigenvalue weighted by atomic mass is 10.1. The Labute approximate surface area is 178 Å².